The molecule has 0 spiro atoms. The highest BCUT2D eigenvalue weighted by Crippen LogP contribution is 2.42. The van der Waals surface area contributed by atoms with Crippen LogP contribution in [0.2, 0.25) is 5.02 Å². The van der Waals surface area contributed by atoms with E-state index in [0.717, 1.165) is 30.5 Å². The summed E-state index contributed by atoms with van der Waals surface area (Å²) in [6.45, 7) is 1.10. The summed E-state index contributed by atoms with van der Waals surface area (Å²) >= 11 is 6.17. The Morgan fingerprint density at radius 3 is 2.76 bits per heavy atom. The van der Waals surface area contributed by atoms with E-state index in [9.17, 15) is 9.59 Å². The number of fused-ring (bicyclic) bond motifs is 1. The van der Waals surface area contributed by atoms with Crippen molar-refractivity contribution in [1.82, 2.24) is 4.90 Å². The predicted molar refractivity (Wildman–Crippen MR) is 99.7 cm³/mol. The molecule has 6 heteroatoms. The second kappa shape index (κ2) is 7.34. The maximum absolute atomic E-state index is 13.2. The number of hydrogen-bond donors (Lipinski definition) is 1. The molecular weight excluding hydrogens is 338 g/mol. The molecule has 2 N–H and O–H groups in total. The molecule has 2 aliphatic rings. The normalized spacial score (nSPS) is 25.1. The van der Waals surface area contributed by atoms with Crippen molar-refractivity contribution in [3.05, 3.63) is 28.8 Å². The molecule has 1 unspecified atom stereocenters. The molecule has 0 radical (unpaired) electrons. The van der Waals surface area contributed by atoms with Gasteiger partial charge in [0, 0.05) is 49.6 Å². The van der Waals surface area contributed by atoms with Crippen LogP contribution >= 0.6 is 11.6 Å². The Morgan fingerprint density at radius 2 is 2.08 bits per heavy atom. The van der Waals surface area contributed by atoms with Gasteiger partial charge in [-0.15, -0.1) is 0 Å². The number of carbonyl (C=O) groups excluding carboxylic acids is 2. The minimum atomic E-state index is -0.00900. The molecule has 1 saturated carbocycles. The Labute approximate surface area is 154 Å². The number of rotatable bonds is 4. The first-order valence-electron chi connectivity index (χ1n) is 8.93. The summed E-state index contributed by atoms with van der Waals surface area (Å²) in [4.78, 5) is 28.8. The number of halogens is 1. The fraction of sp³-hybridized carbons (Fsp3) is 0.579. The first-order valence-corrected chi connectivity index (χ1v) is 9.31. The SMILES string of the molecule is CN(C)C(=O)CC1CN(C(=O)[C@@H]2CCC[C@@H]2CN)c2ccc(Cl)cc21. The summed E-state index contributed by atoms with van der Waals surface area (Å²) in [5.74, 6) is 0.468. The summed E-state index contributed by atoms with van der Waals surface area (Å²) < 4.78 is 0. The van der Waals surface area contributed by atoms with Crippen LogP contribution in [0.1, 0.15) is 37.2 Å². The molecule has 1 aromatic rings. The summed E-state index contributed by atoms with van der Waals surface area (Å²) in [5, 5.41) is 0.635. The molecule has 0 saturated heterocycles. The van der Waals surface area contributed by atoms with Crippen LogP contribution in [0, 0.1) is 11.8 Å². The molecule has 0 aromatic heterocycles. The van der Waals surface area contributed by atoms with Gasteiger partial charge in [0.05, 0.1) is 0 Å². The van der Waals surface area contributed by atoms with Gasteiger partial charge in [0.2, 0.25) is 11.8 Å². The molecule has 0 bridgehead atoms. The highest BCUT2D eigenvalue weighted by Gasteiger charge is 2.40. The molecule has 3 atom stereocenters. The number of amides is 2. The number of benzene rings is 1. The van der Waals surface area contributed by atoms with Crippen LogP contribution in [0.4, 0.5) is 5.69 Å². The van der Waals surface area contributed by atoms with Crippen LogP contribution in [0.15, 0.2) is 18.2 Å². The quantitative estimate of drug-likeness (QED) is 0.894. The highest BCUT2D eigenvalue weighted by atomic mass is 35.5. The van der Waals surface area contributed by atoms with Gasteiger partial charge >= 0.3 is 0 Å². The van der Waals surface area contributed by atoms with Gasteiger partial charge in [-0.3, -0.25) is 9.59 Å². The largest absolute Gasteiger partial charge is 0.349 e. The lowest BCUT2D eigenvalue weighted by atomic mass is 9.94. The van der Waals surface area contributed by atoms with Crippen LogP contribution in [-0.2, 0) is 9.59 Å². The summed E-state index contributed by atoms with van der Waals surface area (Å²) in [5.41, 5.74) is 7.76. The van der Waals surface area contributed by atoms with E-state index in [-0.39, 0.29) is 29.6 Å². The Hall–Kier alpha value is -1.59. The molecule has 1 heterocycles. The monoisotopic (exact) mass is 363 g/mol. The zero-order valence-electron chi connectivity index (χ0n) is 14.9. The topological polar surface area (TPSA) is 66.6 Å². The minimum Gasteiger partial charge on any atom is -0.349 e. The first kappa shape index (κ1) is 18.2. The lowest BCUT2D eigenvalue weighted by Crippen LogP contribution is -2.39. The summed E-state index contributed by atoms with van der Waals surface area (Å²) in [7, 11) is 3.51. The van der Waals surface area contributed by atoms with E-state index in [1.807, 2.05) is 23.1 Å². The zero-order valence-corrected chi connectivity index (χ0v) is 15.6. The molecule has 2 amide bonds. The lowest BCUT2D eigenvalue weighted by Gasteiger charge is -2.25. The van der Waals surface area contributed by atoms with E-state index in [2.05, 4.69) is 0 Å². The van der Waals surface area contributed by atoms with Crippen molar-refractivity contribution in [3.63, 3.8) is 0 Å². The van der Waals surface area contributed by atoms with Gasteiger partial charge in [0.25, 0.3) is 0 Å². The molecule has 25 heavy (non-hydrogen) atoms. The van der Waals surface area contributed by atoms with Gasteiger partial charge in [0.15, 0.2) is 0 Å². The van der Waals surface area contributed by atoms with Crippen molar-refractivity contribution in [2.45, 2.75) is 31.6 Å². The summed E-state index contributed by atoms with van der Waals surface area (Å²) in [6.07, 6.45) is 3.37. The van der Waals surface area contributed by atoms with E-state index < -0.39 is 0 Å². The Morgan fingerprint density at radius 1 is 1.32 bits per heavy atom. The lowest BCUT2D eigenvalue weighted by molar-refractivity contribution is -0.129. The first-order chi connectivity index (χ1) is 11.9. The zero-order chi connectivity index (χ0) is 18.1. The van der Waals surface area contributed by atoms with Crippen LogP contribution in [-0.4, -0.2) is 43.9 Å². The minimum absolute atomic E-state index is 0.00294. The number of nitrogens with zero attached hydrogens (tertiary/aromatic N) is 2. The van der Waals surface area contributed by atoms with E-state index in [1.54, 1.807) is 19.0 Å². The van der Waals surface area contributed by atoms with E-state index in [1.165, 1.54) is 0 Å². The Balaban J connectivity index is 1.87. The second-order valence-electron chi connectivity index (χ2n) is 7.37. The van der Waals surface area contributed by atoms with Crippen molar-refractivity contribution < 1.29 is 9.59 Å². The average molecular weight is 364 g/mol. The van der Waals surface area contributed by atoms with E-state index in [0.29, 0.717) is 24.5 Å². The fourth-order valence-corrected chi connectivity index (χ4v) is 4.32. The predicted octanol–water partition coefficient (Wildman–Crippen LogP) is 2.62. The van der Waals surface area contributed by atoms with Crippen molar-refractivity contribution in [2.24, 2.45) is 17.6 Å². The highest BCUT2D eigenvalue weighted by molar-refractivity contribution is 6.30. The fourth-order valence-electron chi connectivity index (χ4n) is 4.14. The molecule has 136 valence electrons. The van der Waals surface area contributed by atoms with Crippen molar-refractivity contribution >= 4 is 29.1 Å². The number of hydrogen-bond acceptors (Lipinski definition) is 3. The van der Waals surface area contributed by atoms with Crippen LogP contribution < -0.4 is 10.6 Å². The van der Waals surface area contributed by atoms with E-state index in [4.69, 9.17) is 17.3 Å². The van der Waals surface area contributed by atoms with E-state index >= 15 is 0 Å². The molecule has 3 rings (SSSR count). The van der Waals surface area contributed by atoms with Crippen LogP contribution in [0.3, 0.4) is 0 Å². The Bertz CT molecular complexity index is 677. The third-order valence-corrected chi connectivity index (χ3v) is 5.82. The number of anilines is 1. The van der Waals surface area contributed by atoms with Gasteiger partial charge in [0.1, 0.15) is 0 Å². The van der Waals surface area contributed by atoms with Gasteiger partial charge in [-0.2, -0.15) is 0 Å². The third-order valence-electron chi connectivity index (χ3n) is 5.59. The standard InChI is InChI=1S/C19H26ClN3O2/c1-22(2)18(24)8-13-11-23(17-7-6-14(20)9-16(13)17)19(25)15-5-3-4-12(15)10-21/h6-7,9,12-13,15H,3-5,8,10-11,21H2,1-2H3/t12-,13?,15-/m1/s1. The van der Waals surface area contributed by atoms with Crippen LogP contribution in [0.25, 0.3) is 0 Å². The van der Waals surface area contributed by atoms with Crippen LogP contribution in [0.5, 0.6) is 0 Å². The van der Waals surface area contributed by atoms with Crippen molar-refractivity contribution in [2.75, 3.05) is 32.1 Å². The van der Waals surface area contributed by atoms with Crippen molar-refractivity contribution in [3.8, 4) is 0 Å². The van der Waals surface area contributed by atoms with Gasteiger partial charge in [-0.05, 0) is 49.1 Å². The van der Waals surface area contributed by atoms with Gasteiger partial charge in [-0.1, -0.05) is 18.0 Å². The smallest absolute Gasteiger partial charge is 0.230 e. The molecule has 1 aliphatic carbocycles. The van der Waals surface area contributed by atoms with Gasteiger partial charge < -0.3 is 15.5 Å². The molecule has 1 aromatic carbocycles. The molecule has 5 nitrogen and oxygen atoms in total. The summed E-state index contributed by atoms with van der Waals surface area (Å²) in [6, 6.07) is 5.61. The number of nitrogens with two attached hydrogens (primary N) is 1. The number of carbonyl (C=O) groups is 2. The maximum atomic E-state index is 13.2. The molecule has 1 aliphatic heterocycles. The molecule has 1 fully saturated rings. The second-order valence-corrected chi connectivity index (χ2v) is 7.81. The van der Waals surface area contributed by atoms with Crippen molar-refractivity contribution in [1.29, 1.82) is 0 Å². The average Bonchev–Trinajstić information content (AvgIpc) is 3.19. The maximum Gasteiger partial charge on any atom is 0.230 e. The van der Waals surface area contributed by atoms with Gasteiger partial charge in [-0.25, -0.2) is 0 Å². The third kappa shape index (κ3) is 3.53. The Kier molecular flexibility index (Phi) is 5.35. The molecular formula is C19H26ClN3O2.